The van der Waals surface area contributed by atoms with Gasteiger partial charge in [0.2, 0.25) is 5.91 Å². The zero-order chi connectivity index (χ0) is 26.1. The molecular formula is C28H37N7O2. The lowest BCUT2D eigenvalue weighted by Gasteiger charge is -2.37. The second-order valence-electron chi connectivity index (χ2n) is 10.8. The molecule has 196 valence electrons. The number of hydrogen-bond acceptors (Lipinski definition) is 5. The first-order chi connectivity index (χ1) is 17.8. The number of aryl methyl sites for hydroxylation is 2. The molecule has 9 heteroatoms. The molecule has 0 saturated heterocycles. The minimum absolute atomic E-state index is 0.112. The third-order valence-corrected chi connectivity index (χ3v) is 7.65. The molecule has 2 saturated carbocycles. The third-order valence-electron chi connectivity index (χ3n) is 7.65. The number of nitrogens with zero attached hydrogens (tertiary/aromatic N) is 4. The van der Waals surface area contributed by atoms with Crippen LogP contribution in [0.3, 0.4) is 0 Å². The number of H-pyrrole nitrogens is 2. The molecule has 0 unspecified atom stereocenters. The Balaban J connectivity index is 1.43. The Kier molecular flexibility index (Phi) is 7.15. The number of carbonyl (C=O) groups is 2. The maximum absolute atomic E-state index is 14.0. The zero-order valence-corrected chi connectivity index (χ0v) is 22.1. The summed E-state index contributed by atoms with van der Waals surface area (Å²) < 4.78 is 0. The fourth-order valence-corrected chi connectivity index (χ4v) is 5.50. The lowest BCUT2D eigenvalue weighted by molar-refractivity contribution is -0.123. The number of benzene rings is 1. The summed E-state index contributed by atoms with van der Waals surface area (Å²) in [5.74, 6) is 0.874. The van der Waals surface area contributed by atoms with Gasteiger partial charge < -0.3 is 15.1 Å². The highest BCUT2D eigenvalue weighted by atomic mass is 16.2. The molecule has 0 bridgehead atoms. The Morgan fingerprint density at radius 3 is 2.19 bits per heavy atom. The van der Waals surface area contributed by atoms with Crippen molar-refractivity contribution in [2.24, 2.45) is 17.8 Å². The standard InChI is InChI=1S/C28H37N7O2/c1-17-24(18(2)32-31-17)19-9-11-22(12-10-19)30-27(36)26(25(20-5-6-20)21-7-8-21)35(16-15-34(3)4)28(37)23-13-14-29-33-23/h9-14,20-21,25-26H,5-8,15-16H2,1-4H3,(H,29,33)(H,30,36)(H,31,32)/t26-/m0/s1. The Labute approximate surface area is 218 Å². The summed E-state index contributed by atoms with van der Waals surface area (Å²) in [5, 5.41) is 17.3. The van der Waals surface area contributed by atoms with Gasteiger partial charge in [0.15, 0.2) is 0 Å². The van der Waals surface area contributed by atoms with Crippen LogP contribution in [0.1, 0.15) is 47.6 Å². The number of hydrogen-bond donors (Lipinski definition) is 3. The normalized spacial score (nSPS) is 16.3. The molecule has 3 N–H and O–H groups in total. The molecule has 2 aliphatic rings. The summed E-state index contributed by atoms with van der Waals surface area (Å²) in [7, 11) is 3.97. The van der Waals surface area contributed by atoms with Crippen molar-refractivity contribution in [3.05, 3.63) is 53.6 Å². The number of aromatic amines is 2. The van der Waals surface area contributed by atoms with E-state index in [0.717, 1.165) is 53.9 Å². The Morgan fingerprint density at radius 2 is 1.68 bits per heavy atom. The van der Waals surface area contributed by atoms with E-state index in [9.17, 15) is 9.59 Å². The summed E-state index contributed by atoms with van der Waals surface area (Å²) in [6, 6.07) is 9.03. The highest BCUT2D eigenvalue weighted by Gasteiger charge is 2.50. The monoisotopic (exact) mass is 503 g/mol. The number of amides is 2. The van der Waals surface area contributed by atoms with E-state index in [4.69, 9.17) is 0 Å². The molecule has 9 nitrogen and oxygen atoms in total. The number of anilines is 1. The van der Waals surface area contributed by atoms with Crippen LogP contribution in [0.2, 0.25) is 0 Å². The molecule has 2 heterocycles. The van der Waals surface area contributed by atoms with E-state index in [0.29, 0.717) is 30.6 Å². The first-order valence-electron chi connectivity index (χ1n) is 13.2. The van der Waals surface area contributed by atoms with Gasteiger partial charge in [-0.25, -0.2) is 0 Å². The first-order valence-corrected chi connectivity index (χ1v) is 13.2. The van der Waals surface area contributed by atoms with Gasteiger partial charge in [0.1, 0.15) is 11.7 Å². The average molecular weight is 504 g/mol. The molecule has 2 fully saturated rings. The van der Waals surface area contributed by atoms with Gasteiger partial charge in [0.05, 0.1) is 5.69 Å². The number of likely N-dealkylation sites (N-methyl/N-ethyl adjacent to an activating group) is 1. The molecule has 1 atom stereocenters. The minimum atomic E-state index is -0.534. The van der Waals surface area contributed by atoms with Crippen molar-refractivity contribution in [2.45, 2.75) is 45.6 Å². The van der Waals surface area contributed by atoms with E-state index >= 15 is 0 Å². The highest BCUT2D eigenvalue weighted by Crippen LogP contribution is 2.52. The maximum Gasteiger partial charge on any atom is 0.272 e. The van der Waals surface area contributed by atoms with Crippen LogP contribution in [-0.2, 0) is 4.79 Å². The van der Waals surface area contributed by atoms with Crippen LogP contribution < -0.4 is 5.32 Å². The molecule has 0 radical (unpaired) electrons. The smallest absolute Gasteiger partial charge is 0.272 e. The van der Waals surface area contributed by atoms with E-state index in [1.807, 2.05) is 57.1 Å². The van der Waals surface area contributed by atoms with Crippen LogP contribution in [-0.4, -0.2) is 75.2 Å². The molecule has 37 heavy (non-hydrogen) atoms. The van der Waals surface area contributed by atoms with Gasteiger partial charge in [-0.15, -0.1) is 0 Å². The lowest BCUT2D eigenvalue weighted by Crippen LogP contribution is -2.54. The van der Waals surface area contributed by atoms with Crippen LogP contribution in [0, 0.1) is 31.6 Å². The van der Waals surface area contributed by atoms with Crippen molar-refractivity contribution in [3.63, 3.8) is 0 Å². The fraction of sp³-hybridized carbons (Fsp3) is 0.500. The van der Waals surface area contributed by atoms with Gasteiger partial charge in [-0.3, -0.25) is 19.8 Å². The number of nitrogens with one attached hydrogen (secondary N) is 3. The number of aromatic nitrogens is 4. The van der Waals surface area contributed by atoms with Crippen LogP contribution in [0.15, 0.2) is 36.5 Å². The molecule has 5 rings (SSSR count). The van der Waals surface area contributed by atoms with Gasteiger partial charge in [-0.05, 0) is 95.1 Å². The van der Waals surface area contributed by atoms with E-state index in [1.165, 1.54) is 0 Å². The number of carbonyl (C=O) groups excluding carboxylic acids is 2. The van der Waals surface area contributed by atoms with Crippen molar-refractivity contribution >= 4 is 17.5 Å². The van der Waals surface area contributed by atoms with Gasteiger partial charge in [-0.1, -0.05) is 12.1 Å². The minimum Gasteiger partial charge on any atom is -0.324 e. The van der Waals surface area contributed by atoms with Crippen LogP contribution >= 0.6 is 0 Å². The lowest BCUT2D eigenvalue weighted by atomic mass is 9.87. The van der Waals surface area contributed by atoms with Crippen LogP contribution in [0.25, 0.3) is 11.1 Å². The highest BCUT2D eigenvalue weighted by molar-refractivity contribution is 6.00. The van der Waals surface area contributed by atoms with Crippen LogP contribution in [0.5, 0.6) is 0 Å². The Morgan fingerprint density at radius 1 is 1.00 bits per heavy atom. The van der Waals surface area contributed by atoms with Crippen LogP contribution in [0.4, 0.5) is 5.69 Å². The van der Waals surface area contributed by atoms with E-state index in [2.05, 4.69) is 25.7 Å². The quantitative estimate of drug-likeness (QED) is 0.368. The largest absolute Gasteiger partial charge is 0.324 e. The summed E-state index contributed by atoms with van der Waals surface area (Å²) in [6.07, 6.45) is 6.09. The number of rotatable bonds is 11. The van der Waals surface area contributed by atoms with Crippen molar-refractivity contribution in [2.75, 3.05) is 32.5 Å². The van der Waals surface area contributed by atoms with Crippen molar-refractivity contribution in [3.8, 4) is 11.1 Å². The maximum atomic E-state index is 14.0. The SMILES string of the molecule is Cc1n[nH]c(C)c1-c1ccc(NC(=O)[C@H](C(C2CC2)C2CC2)N(CCN(C)C)C(=O)c2ccn[nH]2)cc1. The molecular weight excluding hydrogens is 466 g/mol. The van der Waals surface area contributed by atoms with Gasteiger partial charge >= 0.3 is 0 Å². The van der Waals surface area contributed by atoms with Gasteiger partial charge in [0, 0.05) is 36.2 Å². The molecule has 1 aromatic carbocycles. The Bertz CT molecular complexity index is 1190. The molecule has 2 amide bonds. The Hall–Kier alpha value is -3.46. The summed E-state index contributed by atoms with van der Waals surface area (Å²) in [4.78, 5) is 31.6. The molecule has 2 aliphatic carbocycles. The second kappa shape index (κ2) is 10.5. The molecule has 2 aromatic heterocycles. The summed E-state index contributed by atoms with van der Waals surface area (Å²) in [5.41, 5.74) is 5.23. The molecule has 3 aromatic rings. The van der Waals surface area contributed by atoms with Crippen molar-refractivity contribution in [1.82, 2.24) is 30.2 Å². The topological polar surface area (TPSA) is 110 Å². The van der Waals surface area contributed by atoms with Gasteiger partial charge in [0.25, 0.3) is 5.91 Å². The van der Waals surface area contributed by atoms with Crippen molar-refractivity contribution < 1.29 is 9.59 Å². The molecule has 0 spiro atoms. The third kappa shape index (κ3) is 5.61. The van der Waals surface area contributed by atoms with Gasteiger partial charge in [-0.2, -0.15) is 10.2 Å². The predicted molar refractivity (Wildman–Crippen MR) is 143 cm³/mol. The predicted octanol–water partition coefficient (Wildman–Crippen LogP) is 3.86. The van der Waals surface area contributed by atoms with Crippen molar-refractivity contribution in [1.29, 1.82) is 0 Å². The second-order valence-corrected chi connectivity index (χ2v) is 10.8. The zero-order valence-electron chi connectivity index (χ0n) is 22.1. The average Bonchev–Trinajstić information content (AvgIpc) is 3.80. The summed E-state index contributed by atoms with van der Waals surface area (Å²) in [6.45, 7) is 5.12. The van der Waals surface area contributed by atoms with E-state index in [1.54, 1.807) is 17.2 Å². The summed E-state index contributed by atoms with van der Waals surface area (Å²) >= 11 is 0. The first kappa shape index (κ1) is 25.2. The van der Waals surface area contributed by atoms with E-state index in [-0.39, 0.29) is 17.7 Å². The fourth-order valence-electron chi connectivity index (χ4n) is 5.50. The molecule has 0 aliphatic heterocycles. The van der Waals surface area contributed by atoms with E-state index < -0.39 is 6.04 Å².